The van der Waals surface area contributed by atoms with Gasteiger partial charge in [0, 0.05) is 56.4 Å². The van der Waals surface area contributed by atoms with Crippen molar-refractivity contribution in [2.75, 3.05) is 49.5 Å². The van der Waals surface area contributed by atoms with E-state index >= 15 is 0 Å². The van der Waals surface area contributed by atoms with Crippen LogP contribution < -0.4 is 10.2 Å². The first-order valence-corrected chi connectivity index (χ1v) is 11.0. The highest BCUT2D eigenvalue weighted by molar-refractivity contribution is 5.97. The van der Waals surface area contributed by atoms with Crippen LogP contribution in [-0.4, -0.2) is 71.0 Å². The van der Waals surface area contributed by atoms with E-state index in [4.69, 9.17) is 4.52 Å². The average Bonchev–Trinajstić information content (AvgIpc) is 3.39. The molecule has 0 aliphatic carbocycles. The Labute approximate surface area is 182 Å². The molecule has 2 aromatic rings. The molecule has 1 aromatic heterocycles. The number of hydrogen-bond acceptors (Lipinski definition) is 7. The first-order valence-electron chi connectivity index (χ1n) is 11.0. The second-order valence-electron chi connectivity index (χ2n) is 8.50. The van der Waals surface area contributed by atoms with Gasteiger partial charge in [-0.3, -0.25) is 19.4 Å². The zero-order valence-electron chi connectivity index (χ0n) is 18.2. The SMILES string of the molecule is CC(C)c1noc(CN2CCN(CC(=O)Nc3cccc(N4CCCC4=O)c3)CC2)n1. The minimum Gasteiger partial charge on any atom is -0.338 e. The summed E-state index contributed by atoms with van der Waals surface area (Å²) < 4.78 is 5.33. The second-order valence-corrected chi connectivity index (χ2v) is 8.50. The quantitative estimate of drug-likeness (QED) is 0.724. The first-order chi connectivity index (χ1) is 15.0. The van der Waals surface area contributed by atoms with Crippen molar-refractivity contribution in [3.63, 3.8) is 0 Å². The lowest BCUT2D eigenvalue weighted by atomic mass is 10.2. The predicted molar refractivity (Wildman–Crippen MR) is 117 cm³/mol. The van der Waals surface area contributed by atoms with Gasteiger partial charge in [0.1, 0.15) is 0 Å². The van der Waals surface area contributed by atoms with Gasteiger partial charge in [0.2, 0.25) is 17.7 Å². The summed E-state index contributed by atoms with van der Waals surface area (Å²) in [7, 11) is 0. The molecule has 9 nitrogen and oxygen atoms in total. The molecule has 1 aromatic carbocycles. The Balaban J connectivity index is 1.23. The van der Waals surface area contributed by atoms with E-state index in [2.05, 4.69) is 25.3 Å². The third kappa shape index (κ3) is 5.48. The molecule has 0 radical (unpaired) electrons. The number of carbonyl (C=O) groups excluding carboxylic acids is 2. The topological polar surface area (TPSA) is 94.8 Å². The first kappa shape index (κ1) is 21.5. The fourth-order valence-electron chi connectivity index (χ4n) is 3.94. The van der Waals surface area contributed by atoms with E-state index in [9.17, 15) is 9.59 Å². The number of anilines is 2. The summed E-state index contributed by atoms with van der Waals surface area (Å²) in [6.45, 7) is 9.12. The lowest BCUT2D eigenvalue weighted by Gasteiger charge is -2.33. The smallest absolute Gasteiger partial charge is 0.240 e. The Morgan fingerprint density at radius 1 is 1.16 bits per heavy atom. The molecule has 0 spiro atoms. The number of hydrogen-bond donors (Lipinski definition) is 1. The number of nitrogens with zero attached hydrogens (tertiary/aromatic N) is 5. The van der Waals surface area contributed by atoms with Gasteiger partial charge in [0.15, 0.2) is 5.82 Å². The maximum atomic E-state index is 12.5. The van der Waals surface area contributed by atoms with Crippen LogP contribution in [0, 0.1) is 0 Å². The van der Waals surface area contributed by atoms with Crippen molar-refractivity contribution in [3.8, 4) is 0 Å². The Morgan fingerprint density at radius 2 is 1.94 bits per heavy atom. The molecule has 1 N–H and O–H groups in total. The van der Waals surface area contributed by atoms with Gasteiger partial charge in [-0.2, -0.15) is 4.98 Å². The number of carbonyl (C=O) groups is 2. The zero-order valence-corrected chi connectivity index (χ0v) is 18.2. The molecule has 2 fully saturated rings. The molecule has 31 heavy (non-hydrogen) atoms. The molecule has 2 saturated heterocycles. The van der Waals surface area contributed by atoms with E-state index in [1.54, 1.807) is 4.90 Å². The largest absolute Gasteiger partial charge is 0.338 e. The minimum absolute atomic E-state index is 0.0446. The number of nitrogens with one attached hydrogen (secondary N) is 1. The number of benzene rings is 1. The Kier molecular flexibility index (Phi) is 6.62. The third-order valence-electron chi connectivity index (χ3n) is 5.71. The second kappa shape index (κ2) is 9.57. The fraction of sp³-hybridized carbons (Fsp3) is 0.545. The number of aromatic nitrogens is 2. The standard InChI is InChI=1S/C22H30N6O3/c1-16(2)22-24-20(31-25-22)15-27-11-9-26(10-12-27)14-19(29)23-17-5-3-6-18(13-17)28-8-4-7-21(28)30/h3,5-6,13,16H,4,7-12,14-15H2,1-2H3,(H,23,29). The van der Waals surface area contributed by atoms with Gasteiger partial charge < -0.3 is 14.7 Å². The molecule has 3 heterocycles. The summed E-state index contributed by atoms with van der Waals surface area (Å²) in [4.78, 5) is 35.1. The van der Waals surface area contributed by atoms with Crippen LogP contribution >= 0.6 is 0 Å². The van der Waals surface area contributed by atoms with Gasteiger partial charge in [-0.25, -0.2) is 0 Å². The van der Waals surface area contributed by atoms with Gasteiger partial charge >= 0.3 is 0 Å². The van der Waals surface area contributed by atoms with Gasteiger partial charge in [0.05, 0.1) is 13.1 Å². The lowest BCUT2D eigenvalue weighted by molar-refractivity contribution is -0.118. The van der Waals surface area contributed by atoms with E-state index in [1.165, 1.54) is 0 Å². The van der Waals surface area contributed by atoms with Crippen molar-refractivity contribution in [1.29, 1.82) is 0 Å². The van der Waals surface area contributed by atoms with Crippen LogP contribution in [0.25, 0.3) is 0 Å². The minimum atomic E-state index is -0.0446. The van der Waals surface area contributed by atoms with Gasteiger partial charge in [-0.1, -0.05) is 25.1 Å². The maximum Gasteiger partial charge on any atom is 0.240 e. The van der Waals surface area contributed by atoms with E-state index in [0.717, 1.165) is 56.3 Å². The molecular formula is C22H30N6O3. The molecule has 0 saturated carbocycles. The highest BCUT2D eigenvalue weighted by Gasteiger charge is 2.23. The summed E-state index contributed by atoms with van der Waals surface area (Å²) in [5, 5.41) is 6.98. The van der Waals surface area contributed by atoms with Crippen molar-refractivity contribution in [2.45, 2.75) is 39.2 Å². The molecule has 9 heteroatoms. The molecule has 4 rings (SSSR count). The third-order valence-corrected chi connectivity index (χ3v) is 5.71. The van der Waals surface area contributed by atoms with Crippen LogP contribution in [0.5, 0.6) is 0 Å². The van der Waals surface area contributed by atoms with Crippen LogP contribution in [0.4, 0.5) is 11.4 Å². The van der Waals surface area contributed by atoms with E-state index in [-0.39, 0.29) is 17.7 Å². The van der Waals surface area contributed by atoms with Crippen LogP contribution in [0.1, 0.15) is 44.3 Å². The van der Waals surface area contributed by atoms with Crippen LogP contribution in [-0.2, 0) is 16.1 Å². The van der Waals surface area contributed by atoms with E-state index in [0.29, 0.717) is 25.4 Å². The Bertz CT molecular complexity index is 919. The van der Waals surface area contributed by atoms with E-state index in [1.807, 2.05) is 38.1 Å². The van der Waals surface area contributed by atoms with E-state index < -0.39 is 0 Å². The Morgan fingerprint density at radius 3 is 2.61 bits per heavy atom. The van der Waals surface area contributed by atoms with Crippen LogP contribution in [0.2, 0.25) is 0 Å². The number of amides is 2. The van der Waals surface area contributed by atoms with Crippen LogP contribution in [0.15, 0.2) is 28.8 Å². The normalized spacial score (nSPS) is 18.2. The molecule has 2 amide bonds. The summed E-state index contributed by atoms with van der Waals surface area (Å²) in [6.07, 6.45) is 1.47. The monoisotopic (exact) mass is 426 g/mol. The summed E-state index contributed by atoms with van der Waals surface area (Å²) in [5.74, 6) is 1.73. The predicted octanol–water partition coefficient (Wildman–Crippen LogP) is 2.08. The van der Waals surface area contributed by atoms with Crippen molar-refractivity contribution < 1.29 is 14.1 Å². The Hall–Kier alpha value is -2.78. The van der Waals surface area contributed by atoms with Crippen molar-refractivity contribution in [1.82, 2.24) is 19.9 Å². The fourth-order valence-corrected chi connectivity index (χ4v) is 3.94. The molecule has 166 valence electrons. The number of piperazine rings is 1. The highest BCUT2D eigenvalue weighted by atomic mass is 16.5. The maximum absolute atomic E-state index is 12.5. The van der Waals surface area contributed by atoms with Gasteiger partial charge in [0.25, 0.3) is 0 Å². The summed E-state index contributed by atoms with van der Waals surface area (Å²) >= 11 is 0. The molecule has 0 atom stereocenters. The lowest BCUT2D eigenvalue weighted by Crippen LogP contribution is -2.48. The molecule has 0 unspecified atom stereocenters. The molecule has 2 aliphatic rings. The van der Waals surface area contributed by atoms with Crippen molar-refractivity contribution >= 4 is 23.2 Å². The van der Waals surface area contributed by atoms with Crippen molar-refractivity contribution in [3.05, 3.63) is 36.0 Å². The summed E-state index contributed by atoms with van der Waals surface area (Å²) in [6, 6.07) is 7.51. The van der Waals surface area contributed by atoms with Crippen molar-refractivity contribution in [2.24, 2.45) is 0 Å². The molecule has 2 aliphatic heterocycles. The van der Waals surface area contributed by atoms with Gasteiger partial charge in [-0.15, -0.1) is 0 Å². The molecule has 0 bridgehead atoms. The average molecular weight is 427 g/mol. The van der Waals surface area contributed by atoms with Crippen LogP contribution in [0.3, 0.4) is 0 Å². The molecular weight excluding hydrogens is 396 g/mol. The highest BCUT2D eigenvalue weighted by Crippen LogP contribution is 2.24. The summed E-state index contributed by atoms with van der Waals surface area (Å²) in [5.41, 5.74) is 1.56. The zero-order chi connectivity index (χ0) is 21.8. The number of rotatable bonds is 7. The van der Waals surface area contributed by atoms with Gasteiger partial charge in [-0.05, 0) is 24.6 Å².